The van der Waals surface area contributed by atoms with E-state index < -0.39 is 0 Å². The van der Waals surface area contributed by atoms with Crippen LogP contribution >= 0.6 is 0 Å². The summed E-state index contributed by atoms with van der Waals surface area (Å²) >= 11 is 0. The van der Waals surface area contributed by atoms with E-state index >= 15 is 0 Å². The number of imide groups is 1. The second-order valence-electron chi connectivity index (χ2n) is 7.49. The van der Waals surface area contributed by atoms with Crippen LogP contribution in [0.3, 0.4) is 0 Å². The largest absolute Gasteiger partial charge is 0.494 e. The van der Waals surface area contributed by atoms with Gasteiger partial charge in [-0.1, -0.05) is 48.0 Å². The van der Waals surface area contributed by atoms with Crippen LogP contribution in [0.4, 0.5) is 11.4 Å². The van der Waals surface area contributed by atoms with E-state index in [9.17, 15) is 9.59 Å². The fourth-order valence-electron chi connectivity index (χ4n) is 3.61. The Morgan fingerprint density at radius 1 is 0.839 bits per heavy atom. The molecule has 3 aromatic carbocycles. The highest BCUT2D eigenvalue weighted by molar-refractivity contribution is 6.46. The van der Waals surface area contributed by atoms with Crippen molar-refractivity contribution < 1.29 is 14.3 Å². The third-order valence-electron chi connectivity index (χ3n) is 5.10. The average Bonchev–Trinajstić information content (AvgIpc) is 2.99. The summed E-state index contributed by atoms with van der Waals surface area (Å²) in [4.78, 5) is 28.1. The molecule has 4 rings (SSSR count). The molecule has 3 aromatic rings. The number of rotatable bonds is 6. The van der Waals surface area contributed by atoms with Crippen molar-refractivity contribution in [3.05, 3.63) is 95.2 Å². The van der Waals surface area contributed by atoms with Gasteiger partial charge in [-0.15, -0.1) is 0 Å². The van der Waals surface area contributed by atoms with E-state index in [2.05, 4.69) is 5.32 Å². The SMILES string of the molecule is CCOc1cccc(NC2=C(c3ccc(C)cc3)C(=O)N(c3cccc(C)c3)C2=O)c1. The van der Waals surface area contributed by atoms with Crippen LogP contribution in [0.2, 0.25) is 0 Å². The van der Waals surface area contributed by atoms with E-state index in [0.29, 0.717) is 34.9 Å². The second kappa shape index (κ2) is 8.48. The normalized spacial score (nSPS) is 13.7. The lowest BCUT2D eigenvalue weighted by atomic mass is 10.0. The van der Waals surface area contributed by atoms with Gasteiger partial charge < -0.3 is 10.1 Å². The van der Waals surface area contributed by atoms with Gasteiger partial charge in [-0.05, 0) is 56.2 Å². The van der Waals surface area contributed by atoms with Crippen LogP contribution in [-0.4, -0.2) is 18.4 Å². The number of amides is 2. The number of hydrogen-bond acceptors (Lipinski definition) is 4. The summed E-state index contributed by atoms with van der Waals surface area (Å²) in [6.45, 7) is 6.37. The van der Waals surface area contributed by atoms with Gasteiger partial charge in [0, 0.05) is 11.8 Å². The van der Waals surface area contributed by atoms with Gasteiger partial charge >= 0.3 is 0 Å². The molecule has 0 aromatic heterocycles. The quantitative estimate of drug-likeness (QED) is 0.573. The van der Waals surface area contributed by atoms with Crippen molar-refractivity contribution in [3.63, 3.8) is 0 Å². The first kappa shape index (κ1) is 20.4. The van der Waals surface area contributed by atoms with Crippen LogP contribution in [0.25, 0.3) is 5.57 Å². The third kappa shape index (κ3) is 4.08. The number of nitrogens with one attached hydrogen (secondary N) is 1. The fourth-order valence-corrected chi connectivity index (χ4v) is 3.61. The molecule has 31 heavy (non-hydrogen) atoms. The number of carbonyl (C=O) groups is 2. The van der Waals surface area contributed by atoms with Gasteiger partial charge in [0.15, 0.2) is 0 Å². The number of carbonyl (C=O) groups excluding carboxylic acids is 2. The van der Waals surface area contributed by atoms with Crippen LogP contribution in [0.1, 0.15) is 23.6 Å². The number of hydrogen-bond donors (Lipinski definition) is 1. The van der Waals surface area contributed by atoms with Crippen molar-refractivity contribution in [3.8, 4) is 5.75 Å². The smallest absolute Gasteiger partial charge is 0.282 e. The Labute approximate surface area is 182 Å². The van der Waals surface area contributed by atoms with Crippen LogP contribution < -0.4 is 15.0 Å². The number of ether oxygens (including phenoxy) is 1. The zero-order valence-corrected chi connectivity index (χ0v) is 17.8. The summed E-state index contributed by atoms with van der Waals surface area (Å²) in [7, 11) is 0. The minimum Gasteiger partial charge on any atom is -0.494 e. The summed E-state index contributed by atoms with van der Waals surface area (Å²) in [6, 6.07) is 22.3. The van der Waals surface area contributed by atoms with E-state index in [1.54, 1.807) is 6.07 Å². The summed E-state index contributed by atoms with van der Waals surface area (Å²) < 4.78 is 5.57. The first-order valence-corrected chi connectivity index (χ1v) is 10.2. The molecule has 5 heteroatoms. The van der Waals surface area contributed by atoms with Crippen molar-refractivity contribution in [2.45, 2.75) is 20.8 Å². The molecule has 1 N–H and O–H groups in total. The first-order chi connectivity index (χ1) is 15.0. The van der Waals surface area contributed by atoms with Gasteiger partial charge in [-0.25, -0.2) is 4.90 Å². The molecule has 0 aliphatic carbocycles. The van der Waals surface area contributed by atoms with Crippen molar-refractivity contribution in [2.24, 2.45) is 0 Å². The minimum atomic E-state index is -0.381. The Kier molecular flexibility index (Phi) is 5.58. The summed E-state index contributed by atoms with van der Waals surface area (Å²) in [5, 5.41) is 3.18. The highest BCUT2D eigenvalue weighted by Crippen LogP contribution is 2.34. The molecule has 0 fully saturated rings. The monoisotopic (exact) mass is 412 g/mol. The van der Waals surface area contributed by atoms with Crippen molar-refractivity contribution in [1.82, 2.24) is 0 Å². The lowest BCUT2D eigenvalue weighted by Gasteiger charge is -2.16. The summed E-state index contributed by atoms with van der Waals surface area (Å²) in [5.41, 5.74) is 4.59. The highest BCUT2D eigenvalue weighted by atomic mass is 16.5. The number of benzene rings is 3. The third-order valence-corrected chi connectivity index (χ3v) is 5.10. The summed E-state index contributed by atoms with van der Waals surface area (Å²) in [5.74, 6) is -0.0341. The van der Waals surface area contributed by atoms with Gasteiger partial charge in [0.1, 0.15) is 11.4 Å². The van der Waals surface area contributed by atoms with Crippen molar-refractivity contribution >= 4 is 28.8 Å². The number of anilines is 2. The standard InChI is InChI=1S/C26H24N2O3/c1-4-31-22-10-6-8-20(16-22)27-24-23(19-13-11-17(2)12-14-19)25(29)28(26(24)30)21-9-5-7-18(3)15-21/h5-16,27H,4H2,1-3H3. The Bertz CT molecular complexity index is 1180. The zero-order chi connectivity index (χ0) is 22.0. The van der Waals surface area contributed by atoms with E-state index in [0.717, 1.165) is 11.1 Å². The van der Waals surface area contributed by atoms with Crippen LogP contribution in [0.15, 0.2) is 78.5 Å². The molecule has 0 saturated heterocycles. The van der Waals surface area contributed by atoms with E-state index in [-0.39, 0.29) is 17.5 Å². The van der Waals surface area contributed by atoms with Gasteiger partial charge in [-0.2, -0.15) is 0 Å². The molecule has 156 valence electrons. The van der Waals surface area contributed by atoms with Crippen molar-refractivity contribution in [1.29, 1.82) is 0 Å². The maximum absolute atomic E-state index is 13.5. The number of nitrogens with zero attached hydrogens (tertiary/aromatic N) is 1. The molecule has 0 unspecified atom stereocenters. The average molecular weight is 412 g/mol. The Morgan fingerprint density at radius 2 is 1.58 bits per heavy atom. The Morgan fingerprint density at radius 3 is 2.29 bits per heavy atom. The van der Waals surface area contributed by atoms with Gasteiger partial charge in [0.05, 0.1) is 17.9 Å². The molecule has 0 bridgehead atoms. The van der Waals surface area contributed by atoms with E-state index in [1.165, 1.54) is 4.90 Å². The topological polar surface area (TPSA) is 58.6 Å². The zero-order valence-electron chi connectivity index (χ0n) is 17.8. The van der Waals surface area contributed by atoms with Crippen LogP contribution in [0, 0.1) is 13.8 Å². The minimum absolute atomic E-state index is 0.254. The molecule has 1 heterocycles. The highest BCUT2D eigenvalue weighted by Gasteiger charge is 2.40. The molecule has 0 saturated carbocycles. The molecule has 0 spiro atoms. The predicted octanol–water partition coefficient (Wildman–Crippen LogP) is 5.10. The van der Waals surface area contributed by atoms with Crippen LogP contribution in [0.5, 0.6) is 5.75 Å². The van der Waals surface area contributed by atoms with Gasteiger partial charge in [-0.3, -0.25) is 9.59 Å². The molecule has 0 atom stereocenters. The fraction of sp³-hybridized carbons (Fsp3) is 0.154. The molecular weight excluding hydrogens is 388 g/mol. The molecule has 0 radical (unpaired) electrons. The lowest BCUT2D eigenvalue weighted by molar-refractivity contribution is -0.120. The molecule has 5 nitrogen and oxygen atoms in total. The van der Waals surface area contributed by atoms with Gasteiger partial charge in [0.25, 0.3) is 11.8 Å². The molecular formula is C26H24N2O3. The van der Waals surface area contributed by atoms with Crippen molar-refractivity contribution in [2.75, 3.05) is 16.8 Å². The lowest BCUT2D eigenvalue weighted by Crippen LogP contribution is -2.32. The van der Waals surface area contributed by atoms with Gasteiger partial charge in [0.2, 0.25) is 0 Å². The molecule has 1 aliphatic rings. The molecule has 2 amide bonds. The predicted molar refractivity (Wildman–Crippen MR) is 123 cm³/mol. The second-order valence-corrected chi connectivity index (χ2v) is 7.49. The maximum Gasteiger partial charge on any atom is 0.282 e. The Hall–Kier alpha value is -3.86. The summed E-state index contributed by atoms with van der Waals surface area (Å²) in [6.07, 6.45) is 0. The number of aryl methyl sites for hydroxylation is 2. The molecule has 1 aliphatic heterocycles. The Balaban J connectivity index is 1.80. The maximum atomic E-state index is 13.5. The van der Waals surface area contributed by atoms with E-state index in [4.69, 9.17) is 4.74 Å². The van der Waals surface area contributed by atoms with Crippen LogP contribution in [-0.2, 0) is 9.59 Å². The van der Waals surface area contributed by atoms with E-state index in [1.807, 2.05) is 87.5 Å². The first-order valence-electron chi connectivity index (χ1n) is 10.2.